The van der Waals surface area contributed by atoms with Gasteiger partial charge in [0.15, 0.2) is 0 Å². The van der Waals surface area contributed by atoms with Crippen molar-refractivity contribution in [1.29, 1.82) is 0 Å². The van der Waals surface area contributed by atoms with Crippen LogP contribution in [0.2, 0.25) is 0 Å². The first-order chi connectivity index (χ1) is 10.7. The molecule has 138 valence electrons. The molecule has 0 N–H and O–H groups in total. The van der Waals surface area contributed by atoms with E-state index in [1.54, 1.807) is 0 Å². The topological polar surface area (TPSA) is 44.1 Å². The van der Waals surface area contributed by atoms with Crippen molar-refractivity contribution in [2.45, 2.75) is 51.8 Å². The molecule has 0 aromatic carbocycles. The number of rotatable bonds is 4. The SMILES string of the molecule is CCOC(=O)c1c(C(F)F)nn(C(C)(C)C)c1C(F)(F)C(F)(F)F. The maximum Gasteiger partial charge on any atom is 0.459 e. The van der Waals surface area contributed by atoms with Gasteiger partial charge in [-0.05, 0) is 27.7 Å². The Morgan fingerprint density at radius 1 is 1.17 bits per heavy atom. The van der Waals surface area contributed by atoms with Crippen molar-refractivity contribution in [3.63, 3.8) is 0 Å². The predicted molar refractivity (Wildman–Crippen MR) is 68.1 cm³/mol. The quantitative estimate of drug-likeness (QED) is 0.587. The van der Waals surface area contributed by atoms with Crippen molar-refractivity contribution >= 4 is 5.97 Å². The van der Waals surface area contributed by atoms with Gasteiger partial charge in [-0.1, -0.05) is 0 Å². The number of carbonyl (C=O) groups is 1. The molecule has 0 aliphatic rings. The van der Waals surface area contributed by atoms with Crippen LogP contribution in [0.15, 0.2) is 0 Å². The monoisotopic (exact) mass is 364 g/mol. The molecule has 0 bridgehead atoms. The summed E-state index contributed by atoms with van der Waals surface area (Å²) < 4.78 is 96.9. The first-order valence-electron chi connectivity index (χ1n) is 6.69. The molecule has 0 unspecified atom stereocenters. The summed E-state index contributed by atoms with van der Waals surface area (Å²) in [6.07, 6.45) is -9.66. The molecule has 0 amide bonds. The third-order valence-corrected chi connectivity index (χ3v) is 2.89. The molecule has 0 aliphatic carbocycles. The highest BCUT2D eigenvalue weighted by Crippen LogP contribution is 2.47. The third kappa shape index (κ3) is 3.48. The van der Waals surface area contributed by atoms with Crippen LogP contribution in [0.3, 0.4) is 0 Å². The van der Waals surface area contributed by atoms with Gasteiger partial charge in [0.1, 0.15) is 17.0 Å². The van der Waals surface area contributed by atoms with Crippen molar-refractivity contribution in [2.75, 3.05) is 6.61 Å². The summed E-state index contributed by atoms with van der Waals surface area (Å²) in [5.74, 6) is -7.30. The molecular weight excluding hydrogens is 349 g/mol. The zero-order chi connectivity index (χ0) is 19.1. The van der Waals surface area contributed by atoms with Crippen LogP contribution in [0, 0.1) is 0 Å². The predicted octanol–water partition coefficient (Wildman–Crippen LogP) is 4.41. The van der Waals surface area contributed by atoms with Crippen molar-refractivity contribution in [1.82, 2.24) is 9.78 Å². The van der Waals surface area contributed by atoms with Crippen LogP contribution in [0.1, 0.15) is 55.9 Å². The van der Waals surface area contributed by atoms with Gasteiger partial charge in [-0.15, -0.1) is 0 Å². The number of aromatic nitrogens is 2. The molecule has 0 spiro atoms. The lowest BCUT2D eigenvalue weighted by Gasteiger charge is -2.27. The Bertz CT molecular complexity index is 615. The summed E-state index contributed by atoms with van der Waals surface area (Å²) in [5.41, 5.74) is -6.54. The van der Waals surface area contributed by atoms with E-state index < -0.39 is 53.6 Å². The van der Waals surface area contributed by atoms with E-state index in [2.05, 4.69) is 9.84 Å². The Balaban J connectivity index is 3.90. The second kappa shape index (κ2) is 6.25. The largest absolute Gasteiger partial charge is 0.462 e. The van der Waals surface area contributed by atoms with Crippen molar-refractivity contribution in [3.05, 3.63) is 17.0 Å². The zero-order valence-electron chi connectivity index (χ0n) is 13.1. The van der Waals surface area contributed by atoms with Crippen LogP contribution < -0.4 is 0 Å². The Morgan fingerprint density at radius 3 is 2.00 bits per heavy atom. The molecule has 24 heavy (non-hydrogen) atoms. The second-order valence-corrected chi connectivity index (χ2v) is 5.78. The van der Waals surface area contributed by atoms with Gasteiger partial charge < -0.3 is 4.74 Å². The molecule has 1 aromatic rings. The van der Waals surface area contributed by atoms with Crippen molar-refractivity contribution in [3.8, 4) is 0 Å². The van der Waals surface area contributed by atoms with E-state index in [0.29, 0.717) is 0 Å². The van der Waals surface area contributed by atoms with E-state index in [1.807, 2.05) is 0 Å². The van der Waals surface area contributed by atoms with Gasteiger partial charge in [-0.25, -0.2) is 13.6 Å². The molecule has 0 radical (unpaired) electrons. The van der Waals surface area contributed by atoms with Crippen molar-refractivity contribution in [2.24, 2.45) is 0 Å². The standard InChI is InChI=1S/C13H15F7N2O2/c1-5-24-10(23)6-7(9(14)15)21-22(11(2,3)4)8(6)12(16,17)13(18,19)20/h9H,5H2,1-4H3. The molecule has 11 heteroatoms. The molecule has 0 fully saturated rings. The molecule has 0 aliphatic heterocycles. The highest BCUT2D eigenvalue weighted by atomic mass is 19.4. The number of carbonyl (C=O) groups excluding carboxylic acids is 1. The summed E-state index contributed by atoms with van der Waals surface area (Å²) in [6.45, 7) is 4.38. The van der Waals surface area contributed by atoms with Crippen LogP contribution in [0.25, 0.3) is 0 Å². The van der Waals surface area contributed by atoms with E-state index in [4.69, 9.17) is 0 Å². The lowest BCUT2D eigenvalue weighted by atomic mass is 10.0. The van der Waals surface area contributed by atoms with E-state index in [0.717, 1.165) is 0 Å². The van der Waals surface area contributed by atoms with E-state index in [1.165, 1.54) is 27.7 Å². The van der Waals surface area contributed by atoms with Gasteiger partial charge in [0.25, 0.3) is 6.43 Å². The maximum absolute atomic E-state index is 14.0. The normalized spacial score (nSPS) is 13.5. The molecule has 1 rings (SSSR count). The summed E-state index contributed by atoms with van der Waals surface area (Å²) in [5, 5.41) is 3.15. The average Bonchev–Trinajstić information content (AvgIpc) is 2.78. The number of nitrogens with zero attached hydrogens (tertiary/aromatic N) is 2. The number of esters is 1. The van der Waals surface area contributed by atoms with Gasteiger partial charge in [0.05, 0.1) is 12.1 Å². The molecule has 0 saturated carbocycles. The third-order valence-electron chi connectivity index (χ3n) is 2.89. The van der Waals surface area contributed by atoms with Crippen LogP contribution in [0.5, 0.6) is 0 Å². The second-order valence-electron chi connectivity index (χ2n) is 5.78. The van der Waals surface area contributed by atoms with E-state index in [-0.39, 0.29) is 4.68 Å². The molecule has 4 nitrogen and oxygen atoms in total. The first-order valence-corrected chi connectivity index (χ1v) is 6.69. The molecule has 1 heterocycles. The van der Waals surface area contributed by atoms with Gasteiger partial charge in [-0.2, -0.15) is 27.1 Å². The Hall–Kier alpha value is -1.81. The fourth-order valence-electron chi connectivity index (χ4n) is 1.90. The number of hydrogen-bond acceptors (Lipinski definition) is 3. The summed E-state index contributed by atoms with van der Waals surface area (Å²) in [7, 11) is 0. The number of halogens is 7. The zero-order valence-corrected chi connectivity index (χ0v) is 13.1. The molecule has 1 aromatic heterocycles. The van der Waals surface area contributed by atoms with Crippen LogP contribution in [-0.2, 0) is 16.2 Å². The van der Waals surface area contributed by atoms with E-state index >= 15 is 0 Å². The number of ether oxygens (including phenoxy) is 1. The van der Waals surface area contributed by atoms with Gasteiger partial charge in [0.2, 0.25) is 0 Å². The fourth-order valence-corrected chi connectivity index (χ4v) is 1.90. The fraction of sp³-hybridized carbons (Fsp3) is 0.692. The minimum Gasteiger partial charge on any atom is -0.462 e. The molecular formula is C13H15F7N2O2. The number of alkyl halides is 7. The summed E-state index contributed by atoms with van der Waals surface area (Å²) >= 11 is 0. The minimum atomic E-state index is -6.11. The van der Waals surface area contributed by atoms with E-state index in [9.17, 15) is 35.5 Å². The lowest BCUT2D eigenvalue weighted by molar-refractivity contribution is -0.292. The Morgan fingerprint density at radius 2 is 1.67 bits per heavy atom. The van der Waals surface area contributed by atoms with Crippen LogP contribution >= 0.6 is 0 Å². The van der Waals surface area contributed by atoms with Gasteiger partial charge >= 0.3 is 18.1 Å². The minimum absolute atomic E-state index is 0.0915. The average molecular weight is 364 g/mol. The van der Waals surface area contributed by atoms with Gasteiger partial charge in [0, 0.05) is 0 Å². The van der Waals surface area contributed by atoms with Crippen LogP contribution in [0.4, 0.5) is 30.7 Å². The van der Waals surface area contributed by atoms with Crippen molar-refractivity contribution < 1.29 is 40.3 Å². The Labute approximate surface area is 132 Å². The maximum atomic E-state index is 14.0. The van der Waals surface area contributed by atoms with Gasteiger partial charge in [-0.3, -0.25) is 4.68 Å². The van der Waals surface area contributed by atoms with Crippen LogP contribution in [-0.4, -0.2) is 28.5 Å². The Kier molecular flexibility index (Phi) is 5.27. The highest BCUT2D eigenvalue weighted by molar-refractivity contribution is 5.92. The lowest BCUT2D eigenvalue weighted by Crippen LogP contribution is -2.40. The first kappa shape index (κ1) is 20.2. The molecule has 0 saturated heterocycles. The molecule has 0 atom stereocenters. The summed E-state index contributed by atoms with van der Waals surface area (Å²) in [6, 6.07) is 0. The number of hydrogen-bond donors (Lipinski definition) is 0. The highest BCUT2D eigenvalue weighted by Gasteiger charge is 2.63. The summed E-state index contributed by atoms with van der Waals surface area (Å²) in [4.78, 5) is 11.8. The smallest absolute Gasteiger partial charge is 0.459 e.